The third-order valence-corrected chi connectivity index (χ3v) is 2.61. The highest BCUT2D eigenvalue weighted by molar-refractivity contribution is 5.70. The Bertz CT molecular complexity index is 460. The summed E-state index contributed by atoms with van der Waals surface area (Å²) in [5, 5.41) is 8.76. The molecule has 4 heteroatoms. The summed E-state index contributed by atoms with van der Waals surface area (Å²) in [6.45, 7) is 6.28. The Balaban J connectivity index is 3.33. The molecular formula is C12H17NO3. The summed E-state index contributed by atoms with van der Waals surface area (Å²) in [4.78, 5) is 22.7. The van der Waals surface area contributed by atoms with Gasteiger partial charge in [-0.3, -0.25) is 9.59 Å². The first-order chi connectivity index (χ1) is 7.47. The van der Waals surface area contributed by atoms with Gasteiger partial charge in [-0.15, -0.1) is 0 Å². The molecule has 1 aromatic heterocycles. The van der Waals surface area contributed by atoms with Gasteiger partial charge >= 0.3 is 5.97 Å². The van der Waals surface area contributed by atoms with Crippen LogP contribution < -0.4 is 5.56 Å². The molecule has 88 valence electrons. The average Bonchev–Trinajstić information content (AvgIpc) is 2.19. The van der Waals surface area contributed by atoms with Crippen LogP contribution >= 0.6 is 0 Å². The summed E-state index contributed by atoms with van der Waals surface area (Å²) in [5.41, 5.74) is 1.88. The standard InChI is InChI=1S/C12H17NO3/c1-4-5-13-9(3)6-8(2)10(12(13)16)7-11(14)15/h6H,4-5,7H2,1-3H3,(H,14,15). The van der Waals surface area contributed by atoms with E-state index in [9.17, 15) is 9.59 Å². The maximum Gasteiger partial charge on any atom is 0.308 e. The summed E-state index contributed by atoms with van der Waals surface area (Å²) in [5.74, 6) is -0.966. The minimum absolute atomic E-state index is 0.165. The molecule has 0 unspecified atom stereocenters. The van der Waals surface area contributed by atoms with Gasteiger partial charge < -0.3 is 9.67 Å². The Morgan fingerprint density at radius 1 is 1.44 bits per heavy atom. The molecule has 1 aromatic rings. The van der Waals surface area contributed by atoms with Crippen LogP contribution in [0.1, 0.15) is 30.2 Å². The van der Waals surface area contributed by atoms with E-state index in [1.807, 2.05) is 19.9 Å². The first-order valence-corrected chi connectivity index (χ1v) is 5.39. The zero-order chi connectivity index (χ0) is 12.3. The SMILES string of the molecule is CCCn1c(C)cc(C)c(CC(=O)O)c1=O. The second kappa shape index (κ2) is 4.96. The molecule has 0 aliphatic carbocycles. The van der Waals surface area contributed by atoms with Gasteiger partial charge in [0.1, 0.15) is 0 Å². The van der Waals surface area contributed by atoms with Crippen LogP contribution in [0.2, 0.25) is 0 Å². The lowest BCUT2D eigenvalue weighted by molar-refractivity contribution is -0.136. The summed E-state index contributed by atoms with van der Waals surface area (Å²) < 4.78 is 1.64. The highest BCUT2D eigenvalue weighted by Gasteiger charge is 2.12. The second-order valence-corrected chi connectivity index (χ2v) is 3.97. The van der Waals surface area contributed by atoms with Crippen LogP contribution in [0, 0.1) is 13.8 Å². The van der Waals surface area contributed by atoms with Crippen LogP contribution in [0.3, 0.4) is 0 Å². The lowest BCUT2D eigenvalue weighted by atomic mass is 10.1. The zero-order valence-corrected chi connectivity index (χ0v) is 9.91. The van der Waals surface area contributed by atoms with Crippen LogP contribution in [0.5, 0.6) is 0 Å². The van der Waals surface area contributed by atoms with E-state index in [1.165, 1.54) is 0 Å². The normalized spacial score (nSPS) is 10.4. The fraction of sp³-hybridized carbons (Fsp3) is 0.500. The maximum absolute atomic E-state index is 12.0. The maximum atomic E-state index is 12.0. The molecule has 1 heterocycles. The van der Waals surface area contributed by atoms with E-state index in [4.69, 9.17) is 5.11 Å². The smallest absolute Gasteiger partial charge is 0.308 e. The first kappa shape index (κ1) is 12.5. The predicted molar refractivity (Wildman–Crippen MR) is 61.8 cm³/mol. The highest BCUT2D eigenvalue weighted by atomic mass is 16.4. The number of nitrogens with zero attached hydrogens (tertiary/aromatic N) is 1. The van der Waals surface area contributed by atoms with E-state index < -0.39 is 5.97 Å². The van der Waals surface area contributed by atoms with Crippen molar-refractivity contribution in [1.29, 1.82) is 0 Å². The fourth-order valence-corrected chi connectivity index (χ4v) is 1.84. The molecule has 16 heavy (non-hydrogen) atoms. The van der Waals surface area contributed by atoms with Crippen LogP contribution in [0.25, 0.3) is 0 Å². The molecule has 0 aromatic carbocycles. The number of aromatic nitrogens is 1. The molecule has 0 fully saturated rings. The van der Waals surface area contributed by atoms with Crippen molar-refractivity contribution in [3.05, 3.63) is 33.2 Å². The van der Waals surface area contributed by atoms with Gasteiger partial charge in [0.2, 0.25) is 0 Å². The molecule has 1 N–H and O–H groups in total. The first-order valence-electron chi connectivity index (χ1n) is 5.39. The van der Waals surface area contributed by atoms with Crippen molar-refractivity contribution >= 4 is 5.97 Å². The minimum atomic E-state index is -0.966. The van der Waals surface area contributed by atoms with Crippen molar-refractivity contribution < 1.29 is 9.90 Å². The van der Waals surface area contributed by atoms with Gasteiger partial charge in [0.25, 0.3) is 5.56 Å². The number of rotatable bonds is 4. The molecule has 0 saturated carbocycles. The third-order valence-electron chi connectivity index (χ3n) is 2.61. The number of hydrogen-bond donors (Lipinski definition) is 1. The molecule has 0 aliphatic rings. The van der Waals surface area contributed by atoms with Crippen molar-refractivity contribution in [2.45, 2.75) is 40.2 Å². The molecule has 0 radical (unpaired) electrons. The minimum Gasteiger partial charge on any atom is -0.481 e. The molecule has 0 spiro atoms. The van der Waals surface area contributed by atoms with Crippen molar-refractivity contribution in [2.75, 3.05) is 0 Å². The van der Waals surface area contributed by atoms with E-state index in [0.29, 0.717) is 12.1 Å². The van der Waals surface area contributed by atoms with Crippen LogP contribution in [0.4, 0.5) is 0 Å². The number of aryl methyl sites for hydroxylation is 2. The van der Waals surface area contributed by atoms with Gasteiger partial charge in [-0.2, -0.15) is 0 Å². The summed E-state index contributed by atoms with van der Waals surface area (Å²) in [6.07, 6.45) is 0.658. The van der Waals surface area contributed by atoms with E-state index in [2.05, 4.69) is 0 Å². The van der Waals surface area contributed by atoms with E-state index in [0.717, 1.165) is 17.7 Å². The van der Waals surface area contributed by atoms with Crippen LogP contribution in [0.15, 0.2) is 10.9 Å². The Labute approximate surface area is 94.5 Å². The van der Waals surface area contributed by atoms with Gasteiger partial charge in [-0.05, 0) is 31.9 Å². The molecule has 0 saturated heterocycles. The number of aliphatic carboxylic acids is 1. The number of hydrogen-bond acceptors (Lipinski definition) is 2. The molecular weight excluding hydrogens is 206 g/mol. The topological polar surface area (TPSA) is 59.3 Å². The largest absolute Gasteiger partial charge is 0.481 e. The fourth-order valence-electron chi connectivity index (χ4n) is 1.84. The third kappa shape index (κ3) is 2.51. The summed E-state index contributed by atoms with van der Waals surface area (Å²) >= 11 is 0. The van der Waals surface area contributed by atoms with Gasteiger partial charge in [0.05, 0.1) is 6.42 Å². The van der Waals surface area contributed by atoms with Crippen LogP contribution in [-0.2, 0) is 17.8 Å². The van der Waals surface area contributed by atoms with Gasteiger partial charge in [0, 0.05) is 17.8 Å². The highest BCUT2D eigenvalue weighted by Crippen LogP contribution is 2.07. The Morgan fingerprint density at radius 2 is 2.06 bits per heavy atom. The molecule has 0 amide bonds. The Kier molecular flexibility index (Phi) is 3.88. The summed E-state index contributed by atoms with van der Waals surface area (Å²) in [7, 11) is 0. The van der Waals surface area contributed by atoms with Crippen molar-refractivity contribution in [1.82, 2.24) is 4.57 Å². The quantitative estimate of drug-likeness (QED) is 0.841. The van der Waals surface area contributed by atoms with Crippen LogP contribution in [-0.4, -0.2) is 15.6 Å². The number of carboxylic acid groups (broad SMARTS) is 1. The van der Waals surface area contributed by atoms with Crippen molar-refractivity contribution in [3.8, 4) is 0 Å². The van der Waals surface area contributed by atoms with Crippen molar-refractivity contribution in [3.63, 3.8) is 0 Å². The average molecular weight is 223 g/mol. The zero-order valence-electron chi connectivity index (χ0n) is 9.91. The van der Waals surface area contributed by atoms with Gasteiger partial charge in [-0.1, -0.05) is 6.92 Å². The van der Waals surface area contributed by atoms with E-state index in [-0.39, 0.29) is 12.0 Å². The molecule has 0 atom stereocenters. The molecule has 0 aliphatic heterocycles. The molecule has 0 bridgehead atoms. The van der Waals surface area contributed by atoms with Gasteiger partial charge in [-0.25, -0.2) is 0 Å². The number of carboxylic acids is 1. The number of carbonyl (C=O) groups is 1. The Morgan fingerprint density at radius 3 is 2.56 bits per heavy atom. The number of pyridine rings is 1. The molecule has 1 rings (SSSR count). The predicted octanol–water partition coefficient (Wildman–Crippen LogP) is 1.50. The van der Waals surface area contributed by atoms with E-state index >= 15 is 0 Å². The lowest BCUT2D eigenvalue weighted by Crippen LogP contribution is -2.28. The van der Waals surface area contributed by atoms with E-state index in [1.54, 1.807) is 11.5 Å². The summed E-state index contributed by atoms with van der Waals surface area (Å²) in [6, 6.07) is 1.87. The Hall–Kier alpha value is -1.58. The lowest BCUT2D eigenvalue weighted by Gasteiger charge is -2.12. The van der Waals surface area contributed by atoms with Gasteiger partial charge in [0.15, 0.2) is 0 Å². The molecule has 4 nitrogen and oxygen atoms in total. The second-order valence-electron chi connectivity index (χ2n) is 3.97. The monoisotopic (exact) mass is 223 g/mol. The van der Waals surface area contributed by atoms with Crippen molar-refractivity contribution in [2.24, 2.45) is 0 Å².